The lowest BCUT2D eigenvalue weighted by Crippen LogP contribution is -2.45. The average molecular weight is 387 g/mol. The smallest absolute Gasteiger partial charge is 0.193 e. The van der Waals surface area contributed by atoms with Crippen LogP contribution in [0.3, 0.4) is 0 Å². The van der Waals surface area contributed by atoms with Crippen LogP contribution in [0.5, 0.6) is 5.75 Å². The second kappa shape index (κ2) is 8.70. The number of hydrogen-bond donors (Lipinski definition) is 1. The molecule has 1 aromatic rings. The minimum atomic E-state index is 0.293. The first-order valence-electron chi connectivity index (χ1n) is 10.6. The number of para-hydroxylation sites is 1. The third-order valence-electron chi connectivity index (χ3n) is 6.67. The van der Waals surface area contributed by atoms with E-state index in [-0.39, 0.29) is 0 Å². The molecule has 1 spiro atoms. The van der Waals surface area contributed by atoms with Crippen LogP contribution in [-0.4, -0.2) is 75.9 Å². The molecule has 0 amide bonds. The van der Waals surface area contributed by atoms with E-state index in [1.54, 1.807) is 7.11 Å². The minimum Gasteiger partial charge on any atom is -0.496 e. The summed E-state index contributed by atoms with van der Waals surface area (Å²) in [5.74, 6) is 1.99. The van der Waals surface area contributed by atoms with Crippen molar-refractivity contribution in [2.24, 2.45) is 10.4 Å². The van der Waals surface area contributed by atoms with Gasteiger partial charge in [-0.15, -0.1) is 0 Å². The Bertz CT molecular complexity index is 681. The molecule has 0 aliphatic carbocycles. The summed E-state index contributed by atoms with van der Waals surface area (Å²) in [6.07, 6.45) is 4.93. The van der Waals surface area contributed by atoms with Crippen molar-refractivity contribution in [2.45, 2.75) is 31.7 Å². The normalized spacial score (nSPS) is 26.9. The van der Waals surface area contributed by atoms with Crippen molar-refractivity contribution in [3.05, 3.63) is 29.8 Å². The summed E-state index contributed by atoms with van der Waals surface area (Å²) in [6, 6.07) is 8.72. The molecule has 154 valence electrons. The number of guanidine groups is 1. The maximum Gasteiger partial charge on any atom is 0.193 e. The SMILES string of the molecule is CN=C(NCC(c1ccccc1OC)N1CCCC1)N1CCC2(CCOC2)C1. The van der Waals surface area contributed by atoms with Gasteiger partial charge in [0.2, 0.25) is 0 Å². The number of rotatable bonds is 5. The van der Waals surface area contributed by atoms with Crippen molar-refractivity contribution in [3.8, 4) is 5.75 Å². The van der Waals surface area contributed by atoms with E-state index in [0.717, 1.165) is 57.6 Å². The van der Waals surface area contributed by atoms with Crippen LogP contribution in [0.15, 0.2) is 29.3 Å². The summed E-state index contributed by atoms with van der Waals surface area (Å²) in [4.78, 5) is 9.59. The third-order valence-corrected chi connectivity index (χ3v) is 6.67. The molecule has 0 saturated carbocycles. The third kappa shape index (κ3) is 3.98. The van der Waals surface area contributed by atoms with Gasteiger partial charge < -0.3 is 19.7 Å². The van der Waals surface area contributed by atoms with Gasteiger partial charge in [-0.2, -0.15) is 0 Å². The minimum absolute atomic E-state index is 0.293. The van der Waals surface area contributed by atoms with Crippen molar-refractivity contribution in [1.29, 1.82) is 0 Å². The molecule has 6 heteroatoms. The highest BCUT2D eigenvalue weighted by Gasteiger charge is 2.42. The monoisotopic (exact) mass is 386 g/mol. The molecule has 3 fully saturated rings. The number of methoxy groups -OCH3 is 1. The Kier molecular flexibility index (Phi) is 6.07. The predicted octanol–water partition coefficient (Wildman–Crippen LogP) is 2.52. The first-order chi connectivity index (χ1) is 13.7. The molecule has 1 N–H and O–H groups in total. The number of likely N-dealkylation sites (tertiary alicyclic amines) is 2. The van der Waals surface area contributed by atoms with Crippen LogP contribution >= 0.6 is 0 Å². The number of nitrogens with zero attached hydrogens (tertiary/aromatic N) is 3. The Hall–Kier alpha value is -1.79. The van der Waals surface area contributed by atoms with E-state index in [4.69, 9.17) is 9.47 Å². The Balaban J connectivity index is 1.46. The summed E-state index contributed by atoms with van der Waals surface area (Å²) in [5.41, 5.74) is 1.60. The number of benzene rings is 1. The fourth-order valence-corrected chi connectivity index (χ4v) is 5.04. The van der Waals surface area contributed by atoms with Crippen molar-refractivity contribution >= 4 is 5.96 Å². The van der Waals surface area contributed by atoms with Crippen LogP contribution in [0.2, 0.25) is 0 Å². The van der Waals surface area contributed by atoms with Gasteiger partial charge in [0, 0.05) is 44.3 Å². The van der Waals surface area contributed by atoms with Gasteiger partial charge in [0.25, 0.3) is 0 Å². The Morgan fingerprint density at radius 2 is 2.07 bits per heavy atom. The van der Waals surface area contributed by atoms with Gasteiger partial charge in [-0.05, 0) is 44.8 Å². The molecule has 2 unspecified atom stereocenters. The van der Waals surface area contributed by atoms with Crippen LogP contribution in [0.1, 0.15) is 37.3 Å². The molecule has 6 nitrogen and oxygen atoms in total. The predicted molar refractivity (Wildman–Crippen MR) is 112 cm³/mol. The molecular weight excluding hydrogens is 352 g/mol. The average Bonchev–Trinajstić information content (AvgIpc) is 3.49. The molecule has 1 aromatic carbocycles. The zero-order chi connectivity index (χ0) is 19.4. The molecule has 0 aromatic heterocycles. The van der Waals surface area contributed by atoms with E-state index < -0.39 is 0 Å². The van der Waals surface area contributed by atoms with E-state index in [2.05, 4.69) is 38.3 Å². The summed E-state index contributed by atoms with van der Waals surface area (Å²) < 4.78 is 11.4. The molecule has 0 bridgehead atoms. The maximum absolute atomic E-state index is 5.69. The summed E-state index contributed by atoms with van der Waals surface area (Å²) in [6.45, 7) is 7.05. The second-order valence-electron chi connectivity index (χ2n) is 8.40. The largest absolute Gasteiger partial charge is 0.496 e. The van der Waals surface area contributed by atoms with Crippen LogP contribution in [0.25, 0.3) is 0 Å². The molecular formula is C22H34N4O2. The summed E-state index contributed by atoms with van der Waals surface area (Å²) >= 11 is 0. The van der Waals surface area contributed by atoms with E-state index in [1.807, 2.05) is 13.1 Å². The van der Waals surface area contributed by atoms with Gasteiger partial charge in [-0.25, -0.2) is 0 Å². The number of ether oxygens (including phenoxy) is 2. The summed E-state index contributed by atoms with van der Waals surface area (Å²) in [7, 11) is 3.66. The number of aliphatic imine (C=N–C) groups is 1. The maximum atomic E-state index is 5.69. The Morgan fingerprint density at radius 1 is 1.25 bits per heavy atom. The zero-order valence-corrected chi connectivity index (χ0v) is 17.3. The van der Waals surface area contributed by atoms with Crippen LogP contribution < -0.4 is 10.1 Å². The lowest BCUT2D eigenvalue weighted by Gasteiger charge is -2.31. The van der Waals surface area contributed by atoms with E-state index in [1.165, 1.54) is 31.2 Å². The van der Waals surface area contributed by atoms with Crippen LogP contribution in [0, 0.1) is 5.41 Å². The molecule has 4 rings (SSSR count). The van der Waals surface area contributed by atoms with Gasteiger partial charge in [0.1, 0.15) is 5.75 Å². The van der Waals surface area contributed by atoms with Crippen molar-refractivity contribution < 1.29 is 9.47 Å². The van der Waals surface area contributed by atoms with Crippen molar-refractivity contribution in [3.63, 3.8) is 0 Å². The van der Waals surface area contributed by atoms with Gasteiger partial charge in [0.15, 0.2) is 5.96 Å². The van der Waals surface area contributed by atoms with E-state index >= 15 is 0 Å². The highest BCUT2D eigenvalue weighted by molar-refractivity contribution is 5.80. The Morgan fingerprint density at radius 3 is 2.79 bits per heavy atom. The highest BCUT2D eigenvalue weighted by atomic mass is 16.5. The highest BCUT2D eigenvalue weighted by Crippen LogP contribution is 2.38. The van der Waals surface area contributed by atoms with Gasteiger partial charge in [-0.3, -0.25) is 9.89 Å². The van der Waals surface area contributed by atoms with Crippen LogP contribution in [0.4, 0.5) is 0 Å². The fourth-order valence-electron chi connectivity index (χ4n) is 5.04. The molecule has 3 saturated heterocycles. The Labute approximate surface area is 168 Å². The van der Waals surface area contributed by atoms with Crippen LogP contribution in [-0.2, 0) is 4.74 Å². The lowest BCUT2D eigenvalue weighted by atomic mass is 9.87. The van der Waals surface area contributed by atoms with Gasteiger partial charge >= 0.3 is 0 Å². The standard InChI is InChI=1S/C22H34N4O2/c1-23-21(26-13-9-22(16-26)10-14-28-17-22)24-15-19(25-11-5-6-12-25)18-7-3-4-8-20(18)27-2/h3-4,7-8,19H,5-6,9-17H2,1-2H3,(H,23,24). The van der Waals surface area contributed by atoms with Crippen molar-refractivity contribution in [1.82, 2.24) is 15.1 Å². The quantitative estimate of drug-likeness (QED) is 0.622. The topological polar surface area (TPSA) is 49.3 Å². The molecule has 28 heavy (non-hydrogen) atoms. The second-order valence-corrected chi connectivity index (χ2v) is 8.40. The molecule has 3 aliphatic heterocycles. The number of nitrogens with one attached hydrogen (secondary N) is 1. The first-order valence-corrected chi connectivity index (χ1v) is 10.6. The van der Waals surface area contributed by atoms with Gasteiger partial charge in [0.05, 0.1) is 19.8 Å². The number of hydrogen-bond acceptors (Lipinski definition) is 4. The molecule has 3 aliphatic rings. The molecule has 0 radical (unpaired) electrons. The molecule has 3 heterocycles. The fraction of sp³-hybridized carbons (Fsp3) is 0.682. The van der Waals surface area contributed by atoms with E-state index in [0.29, 0.717) is 11.5 Å². The van der Waals surface area contributed by atoms with E-state index in [9.17, 15) is 0 Å². The zero-order valence-electron chi connectivity index (χ0n) is 17.3. The first kappa shape index (κ1) is 19.5. The molecule has 2 atom stereocenters. The summed E-state index contributed by atoms with van der Waals surface area (Å²) in [5, 5.41) is 3.68. The lowest BCUT2D eigenvalue weighted by molar-refractivity contribution is 0.156. The van der Waals surface area contributed by atoms with Gasteiger partial charge in [-0.1, -0.05) is 18.2 Å². The van der Waals surface area contributed by atoms with Crippen molar-refractivity contribution in [2.75, 3.05) is 60.1 Å².